The Labute approximate surface area is 151 Å². The van der Waals surface area contributed by atoms with Crippen LogP contribution >= 0.6 is 0 Å². The van der Waals surface area contributed by atoms with Gasteiger partial charge in [0.25, 0.3) is 11.8 Å². The molecule has 26 heavy (non-hydrogen) atoms. The molecule has 7 nitrogen and oxygen atoms in total. The van der Waals surface area contributed by atoms with Gasteiger partial charge in [-0.2, -0.15) is 0 Å². The first kappa shape index (κ1) is 18.0. The van der Waals surface area contributed by atoms with Gasteiger partial charge < -0.3 is 24.1 Å². The molecular weight excluding hydrogens is 336 g/mol. The minimum Gasteiger partial charge on any atom is -0.484 e. The molecule has 0 aliphatic carbocycles. The van der Waals surface area contributed by atoms with E-state index in [1.807, 2.05) is 0 Å². The van der Waals surface area contributed by atoms with E-state index in [2.05, 4.69) is 5.32 Å². The Morgan fingerprint density at radius 2 is 2.00 bits per heavy atom. The lowest BCUT2D eigenvalue weighted by atomic mass is 10.3. The normalized spacial score (nSPS) is 13.7. The van der Waals surface area contributed by atoms with Crippen LogP contribution in [0.2, 0.25) is 0 Å². The number of carbonyl (C=O) groups is 2. The van der Waals surface area contributed by atoms with Crippen LogP contribution in [0.1, 0.15) is 29.2 Å². The number of ether oxygens (including phenoxy) is 2. The zero-order valence-corrected chi connectivity index (χ0v) is 14.7. The molecule has 1 aromatic heterocycles. The van der Waals surface area contributed by atoms with Crippen molar-refractivity contribution in [1.29, 1.82) is 0 Å². The van der Waals surface area contributed by atoms with E-state index in [1.165, 1.54) is 0 Å². The molecule has 7 heteroatoms. The average Bonchev–Trinajstić information content (AvgIpc) is 3.32. The molecule has 0 spiro atoms. The van der Waals surface area contributed by atoms with Crippen molar-refractivity contribution >= 4 is 17.5 Å². The second-order valence-corrected chi connectivity index (χ2v) is 6.06. The second-order valence-electron chi connectivity index (χ2n) is 6.06. The molecule has 2 aromatic rings. The van der Waals surface area contributed by atoms with Gasteiger partial charge in [0.1, 0.15) is 18.1 Å². The number of methoxy groups -OCH3 is 1. The van der Waals surface area contributed by atoms with E-state index in [0.717, 1.165) is 25.9 Å². The first-order chi connectivity index (χ1) is 12.7. The zero-order valence-electron chi connectivity index (χ0n) is 14.7. The zero-order chi connectivity index (χ0) is 18.4. The number of nitrogens with zero attached hydrogens (tertiary/aromatic N) is 1. The Morgan fingerprint density at radius 1 is 1.19 bits per heavy atom. The molecule has 0 unspecified atom stereocenters. The van der Waals surface area contributed by atoms with Gasteiger partial charge in [-0.15, -0.1) is 0 Å². The van der Waals surface area contributed by atoms with Crippen molar-refractivity contribution in [3.05, 3.63) is 47.9 Å². The summed E-state index contributed by atoms with van der Waals surface area (Å²) in [6.07, 6.45) is 2.10. The highest BCUT2D eigenvalue weighted by Gasteiger charge is 2.18. The maximum atomic E-state index is 12.2. The fourth-order valence-corrected chi connectivity index (χ4v) is 2.78. The van der Waals surface area contributed by atoms with Crippen LogP contribution in [-0.4, -0.2) is 43.5 Å². The summed E-state index contributed by atoms with van der Waals surface area (Å²) in [4.78, 5) is 26.1. The van der Waals surface area contributed by atoms with Crippen LogP contribution < -0.4 is 10.1 Å². The molecular formula is C19H22N2O5. The lowest BCUT2D eigenvalue weighted by Crippen LogP contribution is -2.32. The molecule has 1 fully saturated rings. The summed E-state index contributed by atoms with van der Waals surface area (Å²) < 4.78 is 15.9. The predicted molar refractivity (Wildman–Crippen MR) is 95.1 cm³/mol. The van der Waals surface area contributed by atoms with Gasteiger partial charge in [0.2, 0.25) is 0 Å². The molecule has 1 aliphatic rings. The van der Waals surface area contributed by atoms with Crippen LogP contribution in [-0.2, 0) is 16.1 Å². The van der Waals surface area contributed by atoms with E-state index < -0.39 is 0 Å². The third kappa shape index (κ3) is 4.64. The first-order valence-electron chi connectivity index (χ1n) is 8.55. The molecule has 2 heterocycles. The molecule has 3 rings (SSSR count). The largest absolute Gasteiger partial charge is 0.484 e. The SMILES string of the molecule is COCc1ccc(C(=O)Nc2cccc(OCC(=O)N3CCCC3)c2)o1. The van der Waals surface area contributed by atoms with Crippen molar-refractivity contribution in [2.24, 2.45) is 0 Å². The van der Waals surface area contributed by atoms with Crippen LogP contribution in [0.5, 0.6) is 5.75 Å². The van der Waals surface area contributed by atoms with Crippen molar-refractivity contribution in [2.75, 3.05) is 32.1 Å². The summed E-state index contributed by atoms with van der Waals surface area (Å²) in [5, 5.41) is 2.75. The quantitative estimate of drug-likeness (QED) is 0.823. The molecule has 0 radical (unpaired) electrons. The Kier molecular flexibility index (Phi) is 5.91. The maximum Gasteiger partial charge on any atom is 0.291 e. The number of hydrogen-bond acceptors (Lipinski definition) is 5. The summed E-state index contributed by atoms with van der Waals surface area (Å²) in [6.45, 7) is 1.90. The summed E-state index contributed by atoms with van der Waals surface area (Å²) in [5.74, 6) is 0.924. The van der Waals surface area contributed by atoms with Crippen LogP contribution in [0.4, 0.5) is 5.69 Å². The predicted octanol–water partition coefficient (Wildman–Crippen LogP) is 2.68. The van der Waals surface area contributed by atoms with E-state index >= 15 is 0 Å². The number of carbonyl (C=O) groups excluding carboxylic acids is 2. The highest BCUT2D eigenvalue weighted by molar-refractivity contribution is 6.02. The van der Waals surface area contributed by atoms with Crippen LogP contribution in [0, 0.1) is 0 Å². The summed E-state index contributed by atoms with van der Waals surface area (Å²) >= 11 is 0. The number of rotatable bonds is 7. The Balaban J connectivity index is 1.56. The fraction of sp³-hybridized carbons (Fsp3) is 0.368. The Hall–Kier alpha value is -2.80. The molecule has 1 N–H and O–H groups in total. The van der Waals surface area contributed by atoms with Gasteiger partial charge in [-0.25, -0.2) is 0 Å². The van der Waals surface area contributed by atoms with E-state index in [0.29, 0.717) is 23.8 Å². The van der Waals surface area contributed by atoms with Crippen molar-refractivity contribution in [1.82, 2.24) is 4.90 Å². The highest BCUT2D eigenvalue weighted by Crippen LogP contribution is 2.19. The number of nitrogens with one attached hydrogen (secondary N) is 1. The second kappa shape index (κ2) is 8.53. The number of likely N-dealkylation sites (tertiary alicyclic amines) is 1. The van der Waals surface area contributed by atoms with E-state index in [9.17, 15) is 9.59 Å². The molecule has 0 saturated carbocycles. The minimum absolute atomic E-state index is 0.00401. The van der Waals surface area contributed by atoms with Gasteiger partial charge in [-0.1, -0.05) is 6.07 Å². The third-order valence-electron chi connectivity index (χ3n) is 4.09. The van der Waals surface area contributed by atoms with Gasteiger partial charge in [0.15, 0.2) is 12.4 Å². The van der Waals surface area contributed by atoms with Crippen molar-refractivity contribution in [3.8, 4) is 5.75 Å². The van der Waals surface area contributed by atoms with Gasteiger partial charge >= 0.3 is 0 Å². The van der Waals surface area contributed by atoms with Gasteiger partial charge in [-0.3, -0.25) is 9.59 Å². The van der Waals surface area contributed by atoms with Crippen LogP contribution in [0.15, 0.2) is 40.8 Å². The van der Waals surface area contributed by atoms with Crippen molar-refractivity contribution in [3.63, 3.8) is 0 Å². The smallest absolute Gasteiger partial charge is 0.291 e. The van der Waals surface area contributed by atoms with Gasteiger partial charge in [-0.05, 0) is 37.1 Å². The maximum absolute atomic E-state index is 12.2. The highest BCUT2D eigenvalue weighted by atomic mass is 16.5. The molecule has 0 bridgehead atoms. The van der Waals surface area contributed by atoms with Crippen LogP contribution in [0.3, 0.4) is 0 Å². The van der Waals surface area contributed by atoms with E-state index in [4.69, 9.17) is 13.9 Å². The number of amides is 2. The molecule has 138 valence electrons. The molecule has 2 amide bonds. The molecule has 1 aromatic carbocycles. The standard InChI is InChI=1S/C19H22N2O5/c1-24-12-16-7-8-17(26-16)19(23)20-14-5-4-6-15(11-14)25-13-18(22)21-9-2-3-10-21/h4-8,11H,2-3,9-10,12-13H2,1H3,(H,20,23). The molecule has 0 atom stereocenters. The Bertz CT molecular complexity index is 765. The average molecular weight is 358 g/mol. The number of benzene rings is 1. The number of anilines is 1. The first-order valence-corrected chi connectivity index (χ1v) is 8.55. The lowest BCUT2D eigenvalue weighted by molar-refractivity contribution is -0.132. The van der Waals surface area contributed by atoms with Gasteiger partial charge in [0.05, 0.1) is 0 Å². The minimum atomic E-state index is -0.363. The van der Waals surface area contributed by atoms with Crippen molar-refractivity contribution < 1.29 is 23.5 Å². The molecule has 1 saturated heterocycles. The van der Waals surface area contributed by atoms with Crippen molar-refractivity contribution in [2.45, 2.75) is 19.4 Å². The van der Waals surface area contributed by atoms with Gasteiger partial charge in [0, 0.05) is 32.0 Å². The Morgan fingerprint density at radius 3 is 2.77 bits per heavy atom. The number of hydrogen-bond donors (Lipinski definition) is 1. The molecule has 1 aliphatic heterocycles. The van der Waals surface area contributed by atoms with E-state index in [-0.39, 0.29) is 24.2 Å². The third-order valence-corrected chi connectivity index (χ3v) is 4.09. The monoisotopic (exact) mass is 358 g/mol. The van der Waals surface area contributed by atoms with E-state index in [1.54, 1.807) is 48.4 Å². The van der Waals surface area contributed by atoms with Crippen LogP contribution in [0.25, 0.3) is 0 Å². The summed E-state index contributed by atoms with van der Waals surface area (Å²) in [6, 6.07) is 10.2. The summed E-state index contributed by atoms with van der Waals surface area (Å²) in [5.41, 5.74) is 0.561. The summed E-state index contributed by atoms with van der Waals surface area (Å²) in [7, 11) is 1.56. The fourth-order valence-electron chi connectivity index (χ4n) is 2.78. The topological polar surface area (TPSA) is 81.0 Å². The number of furan rings is 1. The lowest BCUT2D eigenvalue weighted by Gasteiger charge is -2.15.